The van der Waals surface area contributed by atoms with Crippen molar-refractivity contribution in [2.75, 3.05) is 19.4 Å². The van der Waals surface area contributed by atoms with Gasteiger partial charge in [0.1, 0.15) is 0 Å². The van der Waals surface area contributed by atoms with Gasteiger partial charge in [-0.1, -0.05) is 11.6 Å². The zero-order chi connectivity index (χ0) is 19.6. The van der Waals surface area contributed by atoms with E-state index >= 15 is 0 Å². The summed E-state index contributed by atoms with van der Waals surface area (Å²) in [5.74, 6) is -1.28. The zero-order valence-electron chi connectivity index (χ0n) is 13.8. The lowest BCUT2D eigenvalue weighted by atomic mass is 10.1. The summed E-state index contributed by atoms with van der Waals surface area (Å²) in [5, 5.41) is 2.74. The second-order valence-electron chi connectivity index (χ2n) is 5.45. The van der Waals surface area contributed by atoms with Crippen LogP contribution >= 0.6 is 27.5 Å². The summed E-state index contributed by atoms with van der Waals surface area (Å²) in [6.45, 7) is 0. The topological polar surface area (TPSA) is 110 Å². The van der Waals surface area contributed by atoms with Gasteiger partial charge in [0.25, 0.3) is 5.91 Å². The van der Waals surface area contributed by atoms with Gasteiger partial charge in [-0.15, -0.1) is 0 Å². The molecule has 26 heavy (non-hydrogen) atoms. The first-order chi connectivity index (χ1) is 12.0. The first-order valence-electron chi connectivity index (χ1n) is 7.17. The van der Waals surface area contributed by atoms with Crippen molar-refractivity contribution < 1.29 is 18.0 Å². The largest absolute Gasteiger partial charge is 0.366 e. The smallest absolute Gasteiger partial charge is 0.255 e. The van der Waals surface area contributed by atoms with Crippen LogP contribution in [0.15, 0.2) is 45.8 Å². The fraction of sp³-hybridized carbons (Fsp3) is 0.125. The minimum atomic E-state index is -3.73. The number of primary amides is 1. The maximum atomic E-state index is 12.5. The highest BCUT2D eigenvalue weighted by molar-refractivity contribution is 9.10. The number of nitrogens with zero attached hydrogens (tertiary/aromatic N) is 1. The Morgan fingerprint density at radius 2 is 1.81 bits per heavy atom. The van der Waals surface area contributed by atoms with Crippen LogP contribution in [0, 0.1) is 0 Å². The van der Waals surface area contributed by atoms with E-state index in [1.165, 1.54) is 50.5 Å². The van der Waals surface area contributed by atoms with Crippen LogP contribution in [-0.4, -0.2) is 38.6 Å². The number of anilines is 1. The molecule has 2 rings (SSSR count). The van der Waals surface area contributed by atoms with Crippen LogP contribution in [-0.2, 0) is 10.0 Å². The molecule has 10 heteroatoms. The fourth-order valence-corrected chi connectivity index (χ4v) is 4.09. The molecule has 2 aromatic carbocycles. The molecule has 0 saturated heterocycles. The Kier molecular flexibility index (Phi) is 6.07. The highest BCUT2D eigenvalue weighted by Gasteiger charge is 2.22. The van der Waals surface area contributed by atoms with Gasteiger partial charge in [-0.25, -0.2) is 12.7 Å². The molecule has 0 fully saturated rings. The number of hydrogen-bond acceptors (Lipinski definition) is 4. The van der Waals surface area contributed by atoms with E-state index in [0.29, 0.717) is 10.2 Å². The molecule has 3 N–H and O–H groups in total. The van der Waals surface area contributed by atoms with Crippen LogP contribution in [0.25, 0.3) is 0 Å². The van der Waals surface area contributed by atoms with Crippen molar-refractivity contribution in [3.05, 3.63) is 57.0 Å². The van der Waals surface area contributed by atoms with Gasteiger partial charge in [0, 0.05) is 29.8 Å². The van der Waals surface area contributed by atoms with Crippen molar-refractivity contribution in [2.24, 2.45) is 5.73 Å². The van der Waals surface area contributed by atoms with E-state index in [0.717, 1.165) is 4.31 Å². The van der Waals surface area contributed by atoms with Gasteiger partial charge in [-0.05, 0) is 52.3 Å². The summed E-state index contributed by atoms with van der Waals surface area (Å²) in [4.78, 5) is 23.8. The molecule has 0 aliphatic heterocycles. The van der Waals surface area contributed by atoms with Gasteiger partial charge in [0.2, 0.25) is 15.9 Å². The summed E-state index contributed by atoms with van der Waals surface area (Å²) in [6, 6.07) is 8.49. The molecule has 0 aromatic heterocycles. The summed E-state index contributed by atoms with van der Waals surface area (Å²) in [5.41, 5.74) is 5.72. The molecule has 0 radical (unpaired) electrons. The van der Waals surface area contributed by atoms with E-state index in [1.807, 2.05) is 0 Å². The Hall–Kier alpha value is -1.94. The monoisotopic (exact) mass is 459 g/mol. The molecule has 0 aliphatic carbocycles. The van der Waals surface area contributed by atoms with E-state index in [2.05, 4.69) is 21.2 Å². The average Bonchev–Trinajstić information content (AvgIpc) is 2.56. The van der Waals surface area contributed by atoms with Gasteiger partial charge in [-0.2, -0.15) is 0 Å². The summed E-state index contributed by atoms with van der Waals surface area (Å²) in [7, 11) is -0.939. The van der Waals surface area contributed by atoms with E-state index in [9.17, 15) is 18.0 Å². The van der Waals surface area contributed by atoms with Crippen LogP contribution in [0.1, 0.15) is 20.7 Å². The molecule has 7 nitrogen and oxygen atoms in total. The van der Waals surface area contributed by atoms with Gasteiger partial charge in [-0.3, -0.25) is 9.59 Å². The fourth-order valence-electron chi connectivity index (χ4n) is 2.03. The van der Waals surface area contributed by atoms with E-state index < -0.39 is 21.8 Å². The molecule has 0 aliphatic rings. The first-order valence-corrected chi connectivity index (χ1v) is 9.78. The number of sulfonamides is 1. The van der Waals surface area contributed by atoms with Crippen molar-refractivity contribution in [1.29, 1.82) is 0 Å². The van der Waals surface area contributed by atoms with Crippen LogP contribution in [0.4, 0.5) is 5.69 Å². The second kappa shape index (κ2) is 7.75. The summed E-state index contributed by atoms with van der Waals surface area (Å²) < 4.78 is 26.1. The minimum Gasteiger partial charge on any atom is -0.366 e. The SMILES string of the molecule is CN(C)S(=O)(=O)c1cc(C(=O)Nc2ccc(Cl)c(C(N)=O)c2)ccc1Br. The normalized spacial score (nSPS) is 11.4. The van der Waals surface area contributed by atoms with Crippen LogP contribution in [0.3, 0.4) is 0 Å². The Morgan fingerprint density at radius 3 is 2.38 bits per heavy atom. The predicted molar refractivity (Wildman–Crippen MR) is 103 cm³/mol. The Bertz CT molecular complexity index is 993. The lowest BCUT2D eigenvalue weighted by Gasteiger charge is -2.14. The molecular formula is C16H15BrClN3O4S. The maximum Gasteiger partial charge on any atom is 0.255 e. The molecule has 0 spiro atoms. The molecular weight excluding hydrogens is 446 g/mol. The Balaban J connectivity index is 2.37. The zero-order valence-corrected chi connectivity index (χ0v) is 16.9. The van der Waals surface area contributed by atoms with Crippen LogP contribution < -0.4 is 11.1 Å². The molecule has 0 saturated carbocycles. The molecule has 138 valence electrons. The highest BCUT2D eigenvalue weighted by atomic mass is 79.9. The van der Waals surface area contributed by atoms with Gasteiger partial charge in [0.05, 0.1) is 15.5 Å². The molecule has 2 aromatic rings. The number of halogens is 2. The third-order valence-electron chi connectivity index (χ3n) is 3.44. The molecule has 2 amide bonds. The maximum absolute atomic E-state index is 12.5. The lowest BCUT2D eigenvalue weighted by molar-refractivity contribution is 0.0996. The predicted octanol–water partition coefficient (Wildman–Crippen LogP) is 2.70. The number of rotatable bonds is 5. The lowest BCUT2D eigenvalue weighted by Crippen LogP contribution is -2.23. The van der Waals surface area contributed by atoms with E-state index in [-0.39, 0.29) is 21.0 Å². The van der Waals surface area contributed by atoms with Gasteiger partial charge >= 0.3 is 0 Å². The first kappa shape index (κ1) is 20.4. The Labute approximate surface area is 164 Å². The number of nitrogens with two attached hydrogens (primary N) is 1. The Morgan fingerprint density at radius 1 is 1.15 bits per heavy atom. The van der Waals surface area contributed by atoms with E-state index in [4.69, 9.17) is 17.3 Å². The third kappa shape index (κ3) is 4.24. The van der Waals surface area contributed by atoms with Crippen molar-refractivity contribution in [1.82, 2.24) is 4.31 Å². The standard InChI is InChI=1S/C16H15BrClN3O4S/c1-21(2)26(24,25)14-7-9(3-5-12(14)17)16(23)20-10-4-6-13(18)11(8-10)15(19)22/h3-8H,1-2H3,(H2,19,22)(H,20,23). The van der Waals surface area contributed by atoms with Crippen molar-refractivity contribution >= 4 is 55.1 Å². The number of amides is 2. The number of hydrogen-bond donors (Lipinski definition) is 2. The number of nitrogens with one attached hydrogen (secondary N) is 1. The second-order valence-corrected chi connectivity index (χ2v) is 8.83. The van der Waals surface area contributed by atoms with Gasteiger partial charge in [0.15, 0.2) is 0 Å². The van der Waals surface area contributed by atoms with Gasteiger partial charge < -0.3 is 11.1 Å². The van der Waals surface area contributed by atoms with Crippen molar-refractivity contribution in [3.63, 3.8) is 0 Å². The molecule has 0 atom stereocenters. The minimum absolute atomic E-state index is 0.0379. The summed E-state index contributed by atoms with van der Waals surface area (Å²) in [6.07, 6.45) is 0. The quantitative estimate of drug-likeness (QED) is 0.715. The highest BCUT2D eigenvalue weighted by Crippen LogP contribution is 2.26. The number of benzene rings is 2. The third-order valence-corrected chi connectivity index (χ3v) is 6.58. The van der Waals surface area contributed by atoms with Crippen LogP contribution in [0.5, 0.6) is 0 Å². The number of carbonyl (C=O) groups is 2. The van der Waals surface area contributed by atoms with Crippen molar-refractivity contribution in [2.45, 2.75) is 4.90 Å². The average molecular weight is 461 g/mol. The van der Waals surface area contributed by atoms with Crippen molar-refractivity contribution in [3.8, 4) is 0 Å². The molecule has 0 heterocycles. The van der Waals surface area contributed by atoms with E-state index in [1.54, 1.807) is 0 Å². The summed E-state index contributed by atoms with van der Waals surface area (Å²) >= 11 is 9.05. The molecule has 0 bridgehead atoms. The number of carbonyl (C=O) groups excluding carboxylic acids is 2. The van der Waals surface area contributed by atoms with Crippen LogP contribution in [0.2, 0.25) is 5.02 Å². The molecule has 0 unspecified atom stereocenters.